The van der Waals surface area contributed by atoms with Gasteiger partial charge in [0.05, 0.1) is 0 Å². The average molecular weight is 243 g/mol. The first-order valence-corrected chi connectivity index (χ1v) is 7.35. The van der Waals surface area contributed by atoms with E-state index in [0.29, 0.717) is 0 Å². The Bertz CT molecular complexity index is 402. The summed E-state index contributed by atoms with van der Waals surface area (Å²) in [5.41, 5.74) is 0. The molecule has 0 heterocycles. The molecule has 0 amide bonds. The molecule has 4 atom stereocenters. The van der Waals surface area contributed by atoms with Crippen molar-refractivity contribution in [1.82, 2.24) is 5.32 Å². The first kappa shape index (κ1) is 10.9. The molecule has 2 heteroatoms. The molecule has 3 aliphatic rings. The van der Waals surface area contributed by atoms with Crippen LogP contribution in [0.2, 0.25) is 0 Å². The molecule has 3 saturated carbocycles. The molecule has 18 heavy (non-hydrogen) atoms. The molecule has 3 aliphatic carbocycles. The Labute approximate surface area is 109 Å². The normalized spacial score (nSPS) is 39.7. The summed E-state index contributed by atoms with van der Waals surface area (Å²) in [6.07, 6.45) is 4.54. The molecule has 0 aliphatic heterocycles. The highest BCUT2D eigenvalue weighted by Gasteiger charge is 2.64. The van der Waals surface area contributed by atoms with Crippen LogP contribution in [0.15, 0.2) is 30.3 Å². The van der Waals surface area contributed by atoms with Crippen LogP contribution in [0.25, 0.3) is 0 Å². The van der Waals surface area contributed by atoms with E-state index in [2.05, 4.69) is 5.32 Å². The van der Waals surface area contributed by atoms with E-state index in [1.54, 1.807) is 0 Å². The van der Waals surface area contributed by atoms with Crippen molar-refractivity contribution in [2.75, 3.05) is 13.2 Å². The van der Waals surface area contributed by atoms with Crippen molar-refractivity contribution in [3.63, 3.8) is 0 Å². The van der Waals surface area contributed by atoms with Gasteiger partial charge in [-0.15, -0.1) is 0 Å². The maximum Gasteiger partial charge on any atom is 0.119 e. The number of benzene rings is 1. The van der Waals surface area contributed by atoms with E-state index in [9.17, 15) is 0 Å². The minimum atomic E-state index is 0.787. The van der Waals surface area contributed by atoms with Gasteiger partial charge in [0, 0.05) is 12.6 Å². The smallest absolute Gasteiger partial charge is 0.119 e. The van der Waals surface area contributed by atoms with Crippen molar-refractivity contribution < 1.29 is 4.74 Å². The van der Waals surface area contributed by atoms with E-state index < -0.39 is 0 Å². The van der Waals surface area contributed by atoms with Gasteiger partial charge in [0.25, 0.3) is 0 Å². The predicted octanol–water partition coefficient (Wildman–Crippen LogP) is 2.70. The van der Waals surface area contributed by atoms with Crippen LogP contribution in [0.1, 0.15) is 19.3 Å². The van der Waals surface area contributed by atoms with Crippen molar-refractivity contribution in [3.8, 4) is 5.75 Å². The standard InChI is InChI=1S/C16H21NO/c1-2-4-13(5-3-1)18-9-8-17-16-14-11-6-7-12(10-11)15(14)16/h1-5,11-12,14-17H,6-10H2. The summed E-state index contributed by atoms with van der Waals surface area (Å²) in [4.78, 5) is 0. The molecular formula is C16H21NO. The Morgan fingerprint density at radius 1 is 1.06 bits per heavy atom. The highest BCUT2D eigenvalue weighted by Crippen LogP contribution is 2.65. The second-order valence-corrected chi connectivity index (χ2v) is 6.13. The molecule has 3 fully saturated rings. The lowest BCUT2D eigenvalue weighted by atomic mass is 10.0. The van der Waals surface area contributed by atoms with Gasteiger partial charge in [-0.25, -0.2) is 0 Å². The summed E-state index contributed by atoms with van der Waals surface area (Å²) < 4.78 is 5.71. The van der Waals surface area contributed by atoms with Crippen molar-refractivity contribution in [2.24, 2.45) is 23.7 Å². The third kappa shape index (κ3) is 1.74. The van der Waals surface area contributed by atoms with E-state index >= 15 is 0 Å². The van der Waals surface area contributed by atoms with Crippen molar-refractivity contribution >= 4 is 0 Å². The molecule has 0 saturated heterocycles. The molecule has 2 nitrogen and oxygen atoms in total. The van der Waals surface area contributed by atoms with Gasteiger partial charge in [-0.2, -0.15) is 0 Å². The minimum Gasteiger partial charge on any atom is -0.492 e. The molecule has 4 unspecified atom stereocenters. The van der Waals surface area contributed by atoms with Crippen LogP contribution >= 0.6 is 0 Å². The molecule has 1 aromatic rings. The molecule has 1 aromatic carbocycles. The molecule has 4 rings (SSSR count). The number of ether oxygens (including phenoxy) is 1. The molecule has 0 spiro atoms. The molecule has 96 valence electrons. The maximum absolute atomic E-state index is 5.71. The van der Waals surface area contributed by atoms with E-state index in [1.807, 2.05) is 30.3 Å². The third-order valence-corrected chi connectivity index (χ3v) is 5.23. The zero-order chi connectivity index (χ0) is 11.9. The number of nitrogens with one attached hydrogen (secondary N) is 1. The molecule has 1 N–H and O–H groups in total. The van der Waals surface area contributed by atoms with Crippen molar-refractivity contribution in [3.05, 3.63) is 30.3 Å². The van der Waals surface area contributed by atoms with Gasteiger partial charge >= 0.3 is 0 Å². The van der Waals surface area contributed by atoms with Crippen LogP contribution < -0.4 is 10.1 Å². The topological polar surface area (TPSA) is 21.3 Å². The third-order valence-electron chi connectivity index (χ3n) is 5.23. The first-order valence-electron chi connectivity index (χ1n) is 7.35. The van der Waals surface area contributed by atoms with Gasteiger partial charge in [-0.3, -0.25) is 0 Å². The van der Waals surface area contributed by atoms with E-state index in [1.165, 1.54) is 19.3 Å². The van der Waals surface area contributed by atoms with Crippen LogP contribution in [-0.4, -0.2) is 19.2 Å². The Hall–Kier alpha value is -1.02. The predicted molar refractivity (Wildman–Crippen MR) is 71.5 cm³/mol. The number of hydrogen-bond acceptors (Lipinski definition) is 2. The number of fused-ring (bicyclic) bond motifs is 5. The second kappa shape index (κ2) is 4.27. The molecular weight excluding hydrogens is 222 g/mol. The fourth-order valence-corrected chi connectivity index (χ4v) is 4.51. The van der Waals surface area contributed by atoms with Crippen LogP contribution in [0.3, 0.4) is 0 Å². The molecule has 0 aromatic heterocycles. The highest BCUT2D eigenvalue weighted by atomic mass is 16.5. The second-order valence-electron chi connectivity index (χ2n) is 6.13. The van der Waals surface area contributed by atoms with E-state index in [0.717, 1.165) is 48.6 Å². The van der Waals surface area contributed by atoms with Gasteiger partial charge in [0.1, 0.15) is 12.4 Å². The minimum absolute atomic E-state index is 0.787. The van der Waals surface area contributed by atoms with Gasteiger partial charge in [0.2, 0.25) is 0 Å². The quantitative estimate of drug-likeness (QED) is 0.803. The first-order chi connectivity index (χ1) is 8.93. The summed E-state index contributed by atoms with van der Waals surface area (Å²) >= 11 is 0. The summed E-state index contributed by atoms with van der Waals surface area (Å²) in [6.45, 7) is 1.78. The average Bonchev–Trinajstić information content (AvgIpc) is 2.81. The fraction of sp³-hybridized carbons (Fsp3) is 0.625. The lowest BCUT2D eigenvalue weighted by Gasteiger charge is -2.11. The lowest BCUT2D eigenvalue weighted by Crippen LogP contribution is -2.27. The van der Waals surface area contributed by atoms with Crippen LogP contribution in [0, 0.1) is 23.7 Å². The van der Waals surface area contributed by atoms with Gasteiger partial charge < -0.3 is 10.1 Å². The number of rotatable bonds is 5. The van der Waals surface area contributed by atoms with Crippen LogP contribution in [-0.2, 0) is 0 Å². The monoisotopic (exact) mass is 243 g/mol. The van der Waals surface area contributed by atoms with Gasteiger partial charge in [0.15, 0.2) is 0 Å². The summed E-state index contributed by atoms with van der Waals surface area (Å²) in [7, 11) is 0. The largest absolute Gasteiger partial charge is 0.492 e. The van der Waals surface area contributed by atoms with Crippen molar-refractivity contribution in [2.45, 2.75) is 25.3 Å². The Morgan fingerprint density at radius 2 is 1.78 bits per heavy atom. The lowest BCUT2D eigenvalue weighted by molar-refractivity contribution is 0.307. The van der Waals surface area contributed by atoms with Crippen LogP contribution in [0.5, 0.6) is 5.75 Å². The van der Waals surface area contributed by atoms with Crippen LogP contribution in [0.4, 0.5) is 0 Å². The summed E-state index contributed by atoms with van der Waals surface area (Å²) in [5, 5.41) is 3.70. The van der Waals surface area contributed by atoms with Gasteiger partial charge in [-0.1, -0.05) is 18.2 Å². The Kier molecular flexibility index (Phi) is 2.58. The number of hydrogen-bond donors (Lipinski definition) is 1. The molecule has 0 radical (unpaired) electrons. The zero-order valence-corrected chi connectivity index (χ0v) is 10.7. The van der Waals surface area contributed by atoms with Gasteiger partial charge in [-0.05, 0) is 55.1 Å². The van der Waals surface area contributed by atoms with E-state index in [4.69, 9.17) is 4.74 Å². The Morgan fingerprint density at radius 3 is 2.50 bits per heavy atom. The Balaban J connectivity index is 1.20. The van der Waals surface area contributed by atoms with Crippen molar-refractivity contribution in [1.29, 1.82) is 0 Å². The fourth-order valence-electron chi connectivity index (χ4n) is 4.51. The zero-order valence-electron chi connectivity index (χ0n) is 10.7. The SMILES string of the molecule is c1ccc(OCCNC2C3C4CCC(C4)C23)cc1. The molecule has 2 bridgehead atoms. The number of para-hydroxylation sites is 1. The summed E-state index contributed by atoms with van der Waals surface area (Å²) in [6, 6.07) is 10.9. The highest BCUT2D eigenvalue weighted by molar-refractivity contribution is 5.21. The maximum atomic E-state index is 5.71. The van der Waals surface area contributed by atoms with E-state index in [-0.39, 0.29) is 0 Å². The summed E-state index contributed by atoms with van der Waals surface area (Å²) in [5.74, 6) is 5.16.